The van der Waals surface area contributed by atoms with Gasteiger partial charge in [0.2, 0.25) is 5.95 Å². The molecule has 0 spiro atoms. The molecule has 0 saturated carbocycles. The van der Waals surface area contributed by atoms with Gasteiger partial charge in [0, 0.05) is 6.54 Å². The summed E-state index contributed by atoms with van der Waals surface area (Å²) in [4.78, 5) is 17.1. The first kappa shape index (κ1) is 17.4. The minimum atomic E-state index is -0.108. The monoisotopic (exact) mass is 384 g/mol. The first-order chi connectivity index (χ1) is 13.2. The highest BCUT2D eigenvalue weighted by molar-refractivity contribution is 6.32. The van der Waals surface area contributed by atoms with Crippen LogP contribution in [0.15, 0.2) is 46.3 Å². The number of nitrogens with zero attached hydrogens (tertiary/aromatic N) is 3. The van der Waals surface area contributed by atoms with Crippen molar-refractivity contribution in [2.45, 2.75) is 13.5 Å². The van der Waals surface area contributed by atoms with Gasteiger partial charge in [0.15, 0.2) is 11.5 Å². The first-order valence-electron chi connectivity index (χ1n) is 8.55. The van der Waals surface area contributed by atoms with Crippen molar-refractivity contribution in [3.8, 4) is 11.5 Å². The van der Waals surface area contributed by atoms with Crippen LogP contribution in [0.3, 0.4) is 0 Å². The molecule has 1 aliphatic heterocycles. The standard InChI is InChI=1S/C19H17ClN4O3/c1-2-24-18(25)13-5-3-4-6-15(13)22-19(24)23-21-11-12-9-14(20)17-16(10-12)26-7-8-27-17/h3-6,9-11H,2,7-8H2,1H3,(H,22,23)/b21-11-. The quantitative estimate of drug-likeness (QED) is 0.551. The first-order valence-corrected chi connectivity index (χ1v) is 8.93. The van der Waals surface area contributed by atoms with Crippen molar-refractivity contribution >= 4 is 34.7 Å². The third-order valence-electron chi connectivity index (χ3n) is 4.18. The molecule has 0 unspecified atom stereocenters. The minimum absolute atomic E-state index is 0.108. The topological polar surface area (TPSA) is 77.7 Å². The summed E-state index contributed by atoms with van der Waals surface area (Å²) in [6.07, 6.45) is 1.59. The molecule has 1 aromatic heterocycles. The lowest BCUT2D eigenvalue weighted by molar-refractivity contribution is 0.171. The van der Waals surface area contributed by atoms with E-state index in [4.69, 9.17) is 21.1 Å². The second kappa shape index (κ2) is 7.28. The Bertz CT molecular complexity index is 1090. The maximum Gasteiger partial charge on any atom is 0.262 e. The number of anilines is 1. The zero-order valence-corrected chi connectivity index (χ0v) is 15.4. The number of aromatic nitrogens is 2. The Labute approximate surface area is 160 Å². The second-order valence-electron chi connectivity index (χ2n) is 5.90. The number of halogens is 1. The Kier molecular flexibility index (Phi) is 4.68. The van der Waals surface area contributed by atoms with Crippen LogP contribution >= 0.6 is 11.6 Å². The molecule has 0 fully saturated rings. The lowest BCUT2D eigenvalue weighted by Gasteiger charge is -2.19. The van der Waals surface area contributed by atoms with Gasteiger partial charge in [0.05, 0.1) is 22.1 Å². The number of nitrogens with one attached hydrogen (secondary N) is 1. The zero-order chi connectivity index (χ0) is 18.8. The molecule has 138 valence electrons. The van der Waals surface area contributed by atoms with Crippen LogP contribution in [0.2, 0.25) is 5.02 Å². The molecule has 2 aromatic carbocycles. The highest BCUT2D eigenvalue weighted by Gasteiger charge is 2.16. The zero-order valence-electron chi connectivity index (χ0n) is 14.6. The molecule has 0 saturated heterocycles. The lowest BCUT2D eigenvalue weighted by atomic mass is 10.2. The summed E-state index contributed by atoms with van der Waals surface area (Å²) < 4.78 is 12.6. The van der Waals surface area contributed by atoms with Crippen LogP contribution in [0.5, 0.6) is 11.5 Å². The summed E-state index contributed by atoms with van der Waals surface area (Å²) in [5.74, 6) is 1.51. The van der Waals surface area contributed by atoms with Gasteiger partial charge in [-0.1, -0.05) is 23.7 Å². The Hall–Kier alpha value is -3.06. The maximum absolute atomic E-state index is 12.6. The van der Waals surface area contributed by atoms with Crippen molar-refractivity contribution in [2.75, 3.05) is 18.6 Å². The molecule has 27 heavy (non-hydrogen) atoms. The van der Waals surface area contributed by atoms with Crippen LogP contribution in [-0.2, 0) is 6.54 Å². The van der Waals surface area contributed by atoms with Crippen molar-refractivity contribution < 1.29 is 9.47 Å². The molecule has 7 nitrogen and oxygen atoms in total. The van der Waals surface area contributed by atoms with Crippen LogP contribution in [0.4, 0.5) is 5.95 Å². The smallest absolute Gasteiger partial charge is 0.262 e. The van der Waals surface area contributed by atoms with Gasteiger partial charge in [-0.15, -0.1) is 0 Å². The van der Waals surface area contributed by atoms with Crippen LogP contribution in [0.1, 0.15) is 12.5 Å². The maximum atomic E-state index is 12.6. The average molecular weight is 385 g/mol. The summed E-state index contributed by atoms with van der Waals surface area (Å²) in [5.41, 5.74) is 4.10. The van der Waals surface area contributed by atoms with E-state index in [1.165, 1.54) is 4.57 Å². The molecule has 0 radical (unpaired) electrons. The predicted molar refractivity (Wildman–Crippen MR) is 105 cm³/mol. The minimum Gasteiger partial charge on any atom is -0.486 e. The summed E-state index contributed by atoms with van der Waals surface area (Å²) >= 11 is 6.23. The van der Waals surface area contributed by atoms with Crippen LogP contribution in [0, 0.1) is 0 Å². The van der Waals surface area contributed by atoms with E-state index in [0.717, 1.165) is 5.56 Å². The molecule has 0 aliphatic carbocycles. The SMILES string of the molecule is CCn1c(N/N=C\c2cc(Cl)c3c(c2)OCCO3)nc2ccccc2c1=O. The van der Waals surface area contributed by atoms with E-state index in [1.807, 2.05) is 19.1 Å². The van der Waals surface area contributed by atoms with E-state index in [1.54, 1.807) is 30.5 Å². The number of rotatable bonds is 4. The third-order valence-corrected chi connectivity index (χ3v) is 4.46. The van der Waals surface area contributed by atoms with E-state index in [0.29, 0.717) is 53.1 Å². The number of hydrazone groups is 1. The van der Waals surface area contributed by atoms with E-state index in [9.17, 15) is 4.79 Å². The van der Waals surface area contributed by atoms with Gasteiger partial charge in [0.1, 0.15) is 13.2 Å². The van der Waals surface area contributed by atoms with Crippen molar-refractivity contribution in [1.29, 1.82) is 0 Å². The van der Waals surface area contributed by atoms with Gasteiger partial charge >= 0.3 is 0 Å². The second-order valence-corrected chi connectivity index (χ2v) is 6.31. The van der Waals surface area contributed by atoms with E-state index < -0.39 is 0 Å². The number of ether oxygens (including phenoxy) is 2. The third kappa shape index (κ3) is 3.33. The molecular formula is C19H17ClN4O3. The Morgan fingerprint density at radius 1 is 1.30 bits per heavy atom. The summed E-state index contributed by atoms with van der Waals surface area (Å²) in [5, 5.41) is 5.24. The van der Waals surface area contributed by atoms with Gasteiger partial charge < -0.3 is 9.47 Å². The molecule has 2 heterocycles. The van der Waals surface area contributed by atoms with Gasteiger partial charge in [-0.05, 0) is 36.8 Å². The predicted octanol–water partition coefficient (Wildman–Crippen LogP) is 3.29. The molecule has 0 amide bonds. The van der Waals surface area contributed by atoms with Crippen LogP contribution in [0.25, 0.3) is 10.9 Å². The van der Waals surface area contributed by atoms with Gasteiger partial charge in [-0.2, -0.15) is 5.10 Å². The van der Waals surface area contributed by atoms with Crippen LogP contribution < -0.4 is 20.5 Å². The van der Waals surface area contributed by atoms with E-state index in [-0.39, 0.29) is 5.56 Å². The van der Waals surface area contributed by atoms with Gasteiger partial charge in [-0.25, -0.2) is 10.4 Å². The Morgan fingerprint density at radius 3 is 2.96 bits per heavy atom. The number of benzene rings is 2. The fourth-order valence-corrected chi connectivity index (χ4v) is 3.19. The lowest BCUT2D eigenvalue weighted by Crippen LogP contribution is -2.23. The molecular weight excluding hydrogens is 368 g/mol. The largest absolute Gasteiger partial charge is 0.486 e. The number of para-hydroxylation sites is 1. The fourth-order valence-electron chi connectivity index (χ4n) is 2.92. The number of hydrogen-bond donors (Lipinski definition) is 1. The molecule has 1 N–H and O–H groups in total. The van der Waals surface area contributed by atoms with Crippen molar-refractivity contribution in [3.05, 3.63) is 57.3 Å². The molecule has 3 aromatic rings. The normalized spacial score (nSPS) is 13.3. The van der Waals surface area contributed by atoms with E-state index >= 15 is 0 Å². The molecule has 0 atom stereocenters. The highest BCUT2D eigenvalue weighted by atomic mass is 35.5. The van der Waals surface area contributed by atoms with Crippen molar-refractivity contribution in [1.82, 2.24) is 9.55 Å². The molecule has 0 bridgehead atoms. The summed E-state index contributed by atoms with van der Waals surface area (Å²) in [7, 11) is 0. The Balaban J connectivity index is 1.64. The Morgan fingerprint density at radius 2 is 2.11 bits per heavy atom. The summed E-state index contributed by atoms with van der Waals surface area (Å²) in [6, 6.07) is 10.8. The highest BCUT2D eigenvalue weighted by Crippen LogP contribution is 2.37. The molecule has 1 aliphatic rings. The molecule has 8 heteroatoms. The molecule has 4 rings (SSSR count). The van der Waals surface area contributed by atoms with Crippen molar-refractivity contribution in [2.24, 2.45) is 5.10 Å². The van der Waals surface area contributed by atoms with Gasteiger partial charge in [0.25, 0.3) is 5.56 Å². The van der Waals surface area contributed by atoms with Crippen molar-refractivity contribution in [3.63, 3.8) is 0 Å². The summed E-state index contributed by atoms with van der Waals surface area (Å²) in [6.45, 7) is 3.31. The van der Waals surface area contributed by atoms with Crippen LogP contribution in [-0.4, -0.2) is 29.0 Å². The number of hydrogen-bond acceptors (Lipinski definition) is 6. The number of fused-ring (bicyclic) bond motifs is 2. The van der Waals surface area contributed by atoms with Gasteiger partial charge in [-0.3, -0.25) is 9.36 Å². The van der Waals surface area contributed by atoms with E-state index in [2.05, 4.69) is 15.5 Å². The fraction of sp³-hybridized carbons (Fsp3) is 0.211. The average Bonchev–Trinajstić information content (AvgIpc) is 2.68.